The van der Waals surface area contributed by atoms with Crippen LogP contribution in [0.25, 0.3) is 0 Å². The molecule has 6 heteroatoms. The summed E-state index contributed by atoms with van der Waals surface area (Å²) in [6, 6.07) is 9.45. The zero-order chi connectivity index (χ0) is 24.1. The highest BCUT2D eigenvalue weighted by Crippen LogP contribution is 2.50. The number of benzene rings is 2. The van der Waals surface area contributed by atoms with Crippen LogP contribution in [0.3, 0.4) is 0 Å². The number of carbonyl (C=O) groups excluding carboxylic acids is 2. The Kier molecular flexibility index (Phi) is 5.72. The molecule has 2 aromatic carbocycles. The van der Waals surface area contributed by atoms with Gasteiger partial charge in [-0.3, -0.25) is 14.5 Å². The van der Waals surface area contributed by atoms with Crippen LogP contribution >= 0.6 is 0 Å². The van der Waals surface area contributed by atoms with Gasteiger partial charge in [-0.25, -0.2) is 0 Å². The molecule has 0 saturated carbocycles. The molecule has 2 aromatic rings. The monoisotopic (exact) mass is 449 g/mol. The lowest BCUT2D eigenvalue weighted by Crippen LogP contribution is -2.43. The van der Waals surface area contributed by atoms with Gasteiger partial charge in [0.05, 0.1) is 14.2 Å². The van der Waals surface area contributed by atoms with Gasteiger partial charge < -0.3 is 14.6 Å². The lowest BCUT2D eigenvalue weighted by molar-refractivity contribution is -0.121. The van der Waals surface area contributed by atoms with Gasteiger partial charge in [-0.05, 0) is 66.6 Å². The molecule has 2 aliphatic rings. The number of aromatic hydroxyl groups is 1. The molecule has 0 saturated heterocycles. The van der Waals surface area contributed by atoms with Gasteiger partial charge in [0.25, 0.3) is 0 Å². The number of Topliss-reactive ketones (excluding diaryl/α,β-unsaturated/α-hetero) is 1. The second kappa shape index (κ2) is 8.25. The van der Waals surface area contributed by atoms with Gasteiger partial charge in [0.15, 0.2) is 17.3 Å². The Hall–Kier alpha value is -3.28. The quantitative estimate of drug-likeness (QED) is 0.695. The number of nitrogens with zero attached hydrogens (tertiary/aromatic N) is 1. The number of hydrogen-bond acceptors (Lipinski definition) is 5. The molecule has 1 unspecified atom stereocenters. The van der Waals surface area contributed by atoms with Crippen molar-refractivity contribution in [1.29, 1.82) is 0 Å². The van der Waals surface area contributed by atoms with Crippen LogP contribution in [0, 0.1) is 19.3 Å². The van der Waals surface area contributed by atoms with Crippen molar-refractivity contribution >= 4 is 17.4 Å². The Morgan fingerprint density at radius 3 is 2.06 bits per heavy atom. The molecule has 33 heavy (non-hydrogen) atoms. The van der Waals surface area contributed by atoms with Crippen LogP contribution in [0.4, 0.5) is 5.69 Å². The molecule has 0 aromatic heterocycles. The molecule has 4 rings (SSSR count). The molecule has 0 spiro atoms. The van der Waals surface area contributed by atoms with E-state index in [-0.39, 0.29) is 40.8 Å². The number of ketones is 1. The Morgan fingerprint density at radius 1 is 0.939 bits per heavy atom. The zero-order valence-electron chi connectivity index (χ0n) is 20.1. The molecule has 1 aliphatic heterocycles. The first-order chi connectivity index (χ1) is 15.5. The standard InChI is InChI=1S/C27H31NO5/c1-15-7-16(2)9-18(8-15)28-20-13-27(3,4)14-21(29)25(20)19(12-24(28)30)17-10-22(32-5)26(31)23(11-17)33-6/h7-11,19,31H,12-14H2,1-6H3. The van der Waals surface area contributed by atoms with E-state index in [0.717, 1.165) is 28.1 Å². The van der Waals surface area contributed by atoms with E-state index in [1.54, 1.807) is 17.0 Å². The number of phenolic OH excluding ortho intramolecular Hbond substituents is 1. The molecular weight excluding hydrogens is 418 g/mol. The fourth-order valence-electron chi connectivity index (χ4n) is 5.19. The van der Waals surface area contributed by atoms with Crippen molar-refractivity contribution in [2.75, 3.05) is 19.1 Å². The number of rotatable bonds is 4. The molecule has 1 N–H and O–H groups in total. The van der Waals surface area contributed by atoms with Gasteiger partial charge in [-0.15, -0.1) is 0 Å². The number of aryl methyl sites for hydroxylation is 2. The van der Waals surface area contributed by atoms with Crippen molar-refractivity contribution in [3.05, 3.63) is 58.3 Å². The summed E-state index contributed by atoms with van der Waals surface area (Å²) in [5, 5.41) is 10.4. The van der Waals surface area contributed by atoms with Gasteiger partial charge in [0, 0.05) is 35.7 Å². The average molecular weight is 450 g/mol. The molecule has 0 radical (unpaired) electrons. The van der Waals surface area contributed by atoms with E-state index < -0.39 is 5.92 Å². The molecule has 0 fully saturated rings. The Balaban J connectivity index is 1.94. The van der Waals surface area contributed by atoms with E-state index in [1.165, 1.54) is 14.2 Å². The number of anilines is 1. The highest BCUT2D eigenvalue weighted by Gasteiger charge is 2.44. The van der Waals surface area contributed by atoms with Crippen LogP contribution in [0.2, 0.25) is 0 Å². The summed E-state index contributed by atoms with van der Waals surface area (Å²) in [4.78, 5) is 28.9. The minimum atomic E-state index is -0.429. The van der Waals surface area contributed by atoms with E-state index in [0.29, 0.717) is 18.4 Å². The van der Waals surface area contributed by atoms with Gasteiger partial charge in [-0.1, -0.05) is 19.9 Å². The fourth-order valence-corrected chi connectivity index (χ4v) is 5.19. The molecule has 174 valence electrons. The number of carbonyl (C=O) groups is 2. The number of methoxy groups -OCH3 is 2. The van der Waals surface area contributed by atoms with Crippen LogP contribution in [0.1, 0.15) is 55.7 Å². The largest absolute Gasteiger partial charge is 0.502 e. The Morgan fingerprint density at radius 2 is 1.52 bits per heavy atom. The van der Waals surface area contributed by atoms with E-state index >= 15 is 0 Å². The topological polar surface area (TPSA) is 76.1 Å². The summed E-state index contributed by atoms with van der Waals surface area (Å²) in [6.07, 6.45) is 1.19. The summed E-state index contributed by atoms with van der Waals surface area (Å²) in [5.41, 5.74) is 4.84. The summed E-state index contributed by atoms with van der Waals surface area (Å²) in [7, 11) is 2.93. The molecule has 1 aliphatic carbocycles. The minimum absolute atomic E-state index is 0.0548. The van der Waals surface area contributed by atoms with Crippen molar-refractivity contribution < 1.29 is 24.2 Å². The highest BCUT2D eigenvalue weighted by atomic mass is 16.5. The Labute approximate surface area is 194 Å². The zero-order valence-corrected chi connectivity index (χ0v) is 20.1. The average Bonchev–Trinajstić information content (AvgIpc) is 2.71. The first kappa shape index (κ1) is 22.9. The first-order valence-electron chi connectivity index (χ1n) is 11.2. The fraction of sp³-hybridized carbons (Fsp3) is 0.407. The van der Waals surface area contributed by atoms with E-state index in [1.807, 2.05) is 26.0 Å². The number of hydrogen-bond donors (Lipinski definition) is 1. The van der Waals surface area contributed by atoms with E-state index in [4.69, 9.17) is 9.47 Å². The maximum Gasteiger partial charge on any atom is 0.232 e. The second-order valence-corrected chi connectivity index (χ2v) is 9.91. The van der Waals surface area contributed by atoms with Gasteiger partial charge in [0.2, 0.25) is 11.7 Å². The van der Waals surface area contributed by atoms with Crippen LogP contribution in [0.5, 0.6) is 17.2 Å². The molecule has 1 atom stereocenters. The predicted octanol–water partition coefficient (Wildman–Crippen LogP) is 5.19. The van der Waals surface area contributed by atoms with Crippen molar-refractivity contribution in [3.8, 4) is 17.2 Å². The van der Waals surface area contributed by atoms with E-state index in [2.05, 4.69) is 19.9 Å². The molecule has 0 bridgehead atoms. The summed E-state index contributed by atoms with van der Waals surface area (Å²) < 4.78 is 10.7. The predicted molar refractivity (Wildman–Crippen MR) is 127 cm³/mol. The number of amides is 1. The van der Waals surface area contributed by atoms with Crippen molar-refractivity contribution in [2.45, 2.75) is 52.9 Å². The number of allylic oxidation sites excluding steroid dienone is 2. The van der Waals surface area contributed by atoms with Crippen LogP contribution < -0.4 is 14.4 Å². The smallest absolute Gasteiger partial charge is 0.232 e. The van der Waals surface area contributed by atoms with Crippen LogP contribution in [-0.2, 0) is 9.59 Å². The lowest BCUT2D eigenvalue weighted by atomic mass is 9.69. The van der Waals surface area contributed by atoms with Crippen molar-refractivity contribution in [3.63, 3.8) is 0 Å². The highest BCUT2D eigenvalue weighted by molar-refractivity contribution is 6.08. The SMILES string of the molecule is COc1cc(C2CC(=O)N(c3cc(C)cc(C)c3)C3=C2C(=O)CC(C)(C)C3)cc(OC)c1O. The van der Waals surface area contributed by atoms with Crippen LogP contribution in [0.15, 0.2) is 41.6 Å². The third-order valence-electron chi connectivity index (χ3n) is 6.51. The van der Waals surface area contributed by atoms with Crippen molar-refractivity contribution in [2.24, 2.45) is 5.41 Å². The maximum atomic E-state index is 13.6. The van der Waals surface area contributed by atoms with E-state index in [9.17, 15) is 14.7 Å². The summed E-state index contributed by atoms with van der Waals surface area (Å²) in [6.45, 7) is 8.14. The third-order valence-corrected chi connectivity index (χ3v) is 6.51. The second-order valence-electron chi connectivity index (χ2n) is 9.91. The molecule has 6 nitrogen and oxygen atoms in total. The summed E-state index contributed by atoms with van der Waals surface area (Å²) in [5.74, 6) is -0.0346. The molecular formula is C27H31NO5. The molecule has 1 amide bonds. The number of phenols is 1. The number of ether oxygens (including phenoxy) is 2. The normalized spacial score (nSPS) is 20.1. The van der Waals surface area contributed by atoms with Crippen LogP contribution in [-0.4, -0.2) is 31.0 Å². The third kappa shape index (κ3) is 4.10. The molecule has 1 heterocycles. The van der Waals surface area contributed by atoms with Gasteiger partial charge in [-0.2, -0.15) is 0 Å². The van der Waals surface area contributed by atoms with Gasteiger partial charge in [0.1, 0.15) is 0 Å². The van der Waals surface area contributed by atoms with Gasteiger partial charge >= 0.3 is 0 Å². The first-order valence-corrected chi connectivity index (χ1v) is 11.2. The summed E-state index contributed by atoms with van der Waals surface area (Å²) >= 11 is 0. The lowest BCUT2D eigenvalue weighted by Gasteiger charge is -2.43. The Bertz CT molecular complexity index is 1130. The minimum Gasteiger partial charge on any atom is -0.502 e. The van der Waals surface area contributed by atoms with Crippen molar-refractivity contribution in [1.82, 2.24) is 0 Å². The maximum absolute atomic E-state index is 13.6.